The van der Waals surface area contributed by atoms with E-state index in [1.54, 1.807) is 18.4 Å². The second kappa shape index (κ2) is 8.53. The fourth-order valence-corrected chi connectivity index (χ4v) is 2.27. The van der Waals surface area contributed by atoms with Crippen LogP contribution in [0.3, 0.4) is 0 Å². The number of rotatable bonds is 9. The molecule has 16 heavy (non-hydrogen) atoms. The number of aryl methyl sites for hydroxylation is 1. The lowest BCUT2D eigenvalue weighted by atomic mass is 10.1. The van der Waals surface area contributed by atoms with Crippen molar-refractivity contribution in [2.75, 3.05) is 25.6 Å². The Hall–Kier alpha value is -0.610. The smallest absolute Gasteiger partial charge is 0.182 e. The molecule has 1 N–H and O–H groups in total. The zero-order chi connectivity index (χ0) is 11.6. The number of anilines is 1. The molecule has 0 saturated carbocycles. The Morgan fingerprint density at radius 1 is 1.38 bits per heavy atom. The summed E-state index contributed by atoms with van der Waals surface area (Å²) in [6.07, 6.45) is 6.32. The van der Waals surface area contributed by atoms with Crippen molar-refractivity contribution in [1.82, 2.24) is 4.98 Å². The third-order valence-electron chi connectivity index (χ3n) is 2.42. The van der Waals surface area contributed by atoms with Crippen LogP contribution < -0.4 is 5.32 Å². The minimum absolute atomic E-state index is 0.728. The third kappa shape index (κ3) is 5.47. The predicted octanol–water partition coefficient (Wildman–Crippen LogP) is 3.32. The molecule has 0 saturated heterocycles. The Morgan fingerprint density at radius 3 is 3.00 bits per heavy atom. The first-order valence-corrected chi connectivity index (χ1v) is 6.92. The van der Waals surface area contributed by atoms with Crippen molar-refractivity contribution in [3.8, 4) is 0 Å². The molecule has 0 fully saturated rings. The van der Waals surface area contributed by atoms with Crippen LogP contribution in [0.15, 0.2) is 5.38 Å². The summed E-state index contributed by atoms with van der Waals surface area (Å²) in [6.45, 7) is 3.80. The average molecular weight is 242 g/mol. The maximum absolute atomic E-state index is 4.98. The normalized spacial score (nSPS) is 10.6. The van der Waals surface area contributed by atoms with Crippen molar-refractivity contribution in [3.05, 3.63) is 11.1 Å². The van der Waals surface area contributed by atoms with Crippen molar-refractivity contribution >= 4 is 16.5 Å². The first-order valence-electron chi connectivity index (χ1n) is 6.04. The molecule has 0 radical (unpaired) electrons. The van der Waals surface area contributed by atoms with Crippen LogP contribution in [0.1, 0.15) is 38.3 Å². The van der Waals surface area contributed by atoms with Crippen LogP contribution in [-0.4, -0.2) is 25.2 Å². The van der Waals surface area contributed by atoms with Crippen molar-refractivity contribution < 1.29 is 4.74 Å². The highest BCUT2D eigenvalue weighted by Crippen LogP contribution is 2.17. The number of methoxy groups -OCH3 is 1. The molecule has 0 aliphatic heterocycles. The number of aromatic nitrogens is 1. The van der Waals surface area contributed by atoms with E-state index in [2.05, 4.69) is 22.6 Å². The summed E-state index contributed by atoms with van der Waals surface area (Å²) < 4.78 is 4.98. The SMILES string of the molecule is CCCCCCc1csc(NCCOC)n1. The fourth-order valence-electron chi connectivity index (χ4n) is 1.50. The van der Waals surface area contributed by atoms with E-state index in [-0.39, 0.29) is 0 Å². The topological polar surface area (TPSA) is 34.1 Å². The zero-order valence-corrected chi connectivity index (χ0v) is 11.1. The molecule has 0 aromatic carbocycles. The quantitative estimate of drug-likeness (QED) is 0.674. The van der Waals surface area contributed by atoms with Crippen molar-refractivity contribution in [3.63, 3.8) is 0 Å². The lowest BCUT2D eigenvalue weighted by Crippen LogP contribution is -2.07. The largest absolute Gasteiger partial charge is 0.383 e. The third-order valence-corrected chi connectivity index (χ3v) is 3.27. The second-order valence-electron chi connectivity index (χ2n) is 3.87. The van der Waals surface area contributed by atoms with Gasteiger partial charge in [-0.25, -0.2) is 4.98 Å². The van der Waals surface area contributed by atoms with E-state index < -0.39 is 0 Å². The maximum Gasteiger partial charge on any atom is 0.182 e. The van der Waals surface area contributed by atoms with E-state index in [0.29, 0.717) is 0 Å². The van der Waals surface area contributed by atoms with Gasteiger partial charge in [0, 0.05) is 19.0 Å². The Labute approximate surface area is 102 Å². The lowest BCUT2D eigenvalue weighted by molar-refractivity contribution is 0.211. The summed E-state index contributed by atoms with van der Waals surface area (Å²) in [6, 6.07) is 0. The summed E-state index contributed by atoms with van der Waals surface area (Å²) in [5.74, 6) is 0. The van der Waals surface area contributed by atoms with E-state index in [9.17, 15) is 0 Å². The molecule has 0 aliphatic rings. The summed E-state index contributed by atoms with van der Waals surface area (Å²) in [5, 5.41) is 6.42. The molecule has 0 bridgehead atoms. The standard InChI is InChI=1S/C12H22N2OS/c1-3-4-5-6-7-11-10-16-12(14-11)13-8-9-15-2/h10H,3-9H2,1-2H3,(H,13,14). The Kier molecular flexibility index (Phi) is 7.17. The first kappa shape index (κ1) is 13.5. The van der Waals surface area contributed by atoms with Crippen LogP contribution in [-0.2, 0) is 11.2 Å². The molecule has 0 atom stereocenters. The van der Waals surface area contributed by atoms with E-state index in [0.717, 1.165) is 24.7 Å². The van der Waals surface area contributed by atoms with Gasteiger partial charge in [-0.15, -0.1) is 11.3 Å². The highest BCUT2D eigenvalue weighted by Gasteiger charge is 2.00. The Bertz CT molecular complexity index is 276. The summed E-state index contributed by atoms with van der Waals surface area (Å²) in [7, 11) is 1.71. The lowest BCUT2D eigenvalue weighted by Gasteiger charge is -2.00. The van der Waals surface area contributed by atoms with Crippen LogP contribution in [0.2, 0.25) is 0 Å². The van der Waals surface area contributed by atoms with Crippen LogP contribution in [0, 0.1) is 0 Å². The molecule has 1 heterocycles. The summed E-state index contributed by atoms with van der Waals surface area (Å²) in [4.78, 5) is 4.53. The minimum atomic E-state index is 0.728. The fraction of sp³-hybridized carbons (Fsp3) is 0.750. The van der Waals surface area contributed by atoms with Crippen LogP contribution in [0.5, 0.6) is 0 Å². The van der Waals surface area contributed by atoms with E-state index >= 15 is 0 Å². The van der Waals surface area contributed by atoms with E-state index in [1.165, 1.54) is 31.4 Å². The number of hydrogen-bond acceptors (Lipinski definition) is 4. The summed E-state index contributed by atoms with van der Waals surface area (Å²) in [5.41, 5.74) is 1.22. The van der Waals surface area contributed by atoms with Gasteiger partial charge in [0.05, 0.1) is 12.3 Å². The van der Waals surface area contributed by atoms with Crippen molar-refractivity contribution in [2.45, 2.75) is 39.0 Å². The van der Waals surface area contributed by atoms with Crippen LogP contribution >= 0.6 is 11.3 Å². The number of nitrogens with one attached hydrogen (secondary N) is 1. The van der Waals surface area contributed by atoms with Crippen molar-refractivity contribution in [1.29, 1.82) is 0 Å². The Balaban J connectivity index is 2.17. The van der Waals surface area contributed by atoms with Crippen molar-refractivity contribution in [2.24, 2.45) is 0 Å². The number of thiazole rings is 1. The first-order chi connectivity index (χ1) is 7.86. The van der Waals surface area contributed by atoms with Gasteiger partial charge in [-0.2, -0.15) is 0 Å². The van der Waals surface area contributed by atoms with Gasteiger partial charge < -0.3 is 10.1 Å². The molecule has 1 rings (SSSR count). The highest BCUT2D eigenvalue weighted by molar-refractivity contribution is 7.13. The molecular weight excluding hydrogens is 220 g/mol. The molecule has 1 aromatic heterocycles. The number of hydrogen-bond donors (Lipinski definition) is 1. The van der Waals surface area contributed by atoms with E-state index in [1.807, 2.05) is 0 Å². The maximum atomic E-state index is 4.98. The van der Waals surface area contributed by atoms with Gasteiger partial charge in [-0.3, -0.25) is 0 Å². The molecule has 92 valence electrons. The number of ether oxygens (including phenoxy) is 1. The molecular formula is C12H22N2OS. The molecule has 0 spiro atoms. The van der Waals surface area contributed by atoms with Gasteiger partial charge in [-0.05, 0) is 12.8 Å². The van der Waals surface area contributed by atoms with Gasteiger partial charge in [0.1, 0.15) is 0 Å². The summed E-state index contributed by atoms with van der Waals surface area (Å²) >= 11 is 1.69. The van der Waals surface area contributed by atoms with Gasteiger partial charge in [0.15, 0.2) is 5.13 Å². The molecule has 0 unspecified atom stereocenters. The highest BCUT2D eigenvalue weighted by atomic mass is 32.1. The monoisotopic (exact) mass is 242 g/mol. The molecule has 0 amide bonds. The number of unbranched alkanes of at least 4 members (excludes halogenated alkanes) is 3. The van der Waals surface area contributed by atoms with E-state index in [4.69, 9.17) is 4.74 Å². The molecule has 1 aromatic rings. The minimum Gasteiger partial charge on any atom is -0.383 e. The van der Waals surface area contributed by atoms with Crippen LogP contribution in [0.4, 0.5) is 5.13 Å². The molecule has 0 aliphatic carbocycles. The van der Waals surface area contributed by atoms with Gasteiger partial charge >= 0.3 is 0 Å². The number of nitrogens with zero attached hydrogens (tertiary/aromatic N) is 1. The molecule has 4 heteroatoms. The van der Waals surface area contributed by atoms with Gasteiger partial charge in [-0.1, -0.05) is 26.2 Å². The molecule has 3 nitrogen and oxygen atoms in total. The predicted molar refractivity (Wildman–Crippen MR) is 70.3 cm³/mol. The van der Waals surface area contributed by atoms with Gasteiger partial charge in [0.2, 0.25) is 0 Å². The Morgan fingerprint density at radius 2 is 2.25 bits per heavy atom. The van der Waals surface area contributed by atoms with Crippen LogP contribution in [0.25, 0.3) is 0 Å². The van der Waals surface area contributed by atoms with Gasteiger partial charge in [0.25, 0.3) is 0 Å². The zero-order valence-electron chi connectivity index (χ0n) is 10.3. The second-order valence-corrected chi connectivity index (χ2v) is 4.73. The average Bonchev–Trinajstić information content (AvgIpc) is 2.73.